The second kappa shape index (κ2) is 5.90. The van der Waals surface area contributed by atoms with Crippen molar-refractivity contribution in [1.82, 2.24) is 4.98 Å². The maximum Gasteiger partial charge on any atom is 0.118 e. The van der Waals surface area contributed by atoms with E-state index in [2.05, 4.69) is 18.8 Å². The van der Waals surface area contributed by atoms with E-state index >= 15 is 0 Å². The first-order valence-corrected chi connectivity index (χ1v) is 11.0. The van der Waals surface area contributed by atoms with E-state index in [1.807, 2.05) is 24.3 Å². The average Bonchev–Trinajstić information content (AvgIpc) is 2.91. The highest BCUT2D eigenvalue weighted by molar-refractivity contribution is 5.40. The third kappa shape index (κ3) is 2.15. The third-order valence-corrected chi connectivity index (χ3v) is 9.59. The van der Waals surface area contributed by atoms with E-state index in [4.69, 9.17) is 0 Å². The Kier molecular flexibility index (Phi) is 3.96. The van der Waals surface area contributed by atoms with Crippen molar-refractivity contribution in [2.24, 2.45) is 28.6 Å². The molecular weight excluding hydrogens is 350 g/mol. The Morgan fingerprint density at radius 2 is 1.82 bits per heavy atom. The van der Waals surface area contributed by atoms with Gasteiger partial charge >= 0.3 is 0 Å². The van der Waals surface area contributed by atoms with Gasteiger partial charge in [0.15, 0.2) is 0 Å². The second-order valence-electron chi connectivity index (χ2n) is 10.5. The third-order valence-electron chi connectivity index (χ3n) is 9.59. The van der Waals surface area contributed by atoms with Crippen molar-refractivity contribution in [2.45, 2.75) is 76.1 Å². The fraction of sp³-hybridized carbons (Fsp3) is 0.708. The van der Waals surface area contributed by atoms with E-state index in [1.54, 1.807) is 12.4 Å². The smallest absolute Gasteiger partial charge is 0.118 e. The van der Waals surface area contributed by atoms with E-state index in [1.165, 1.54) is 0 Å². The van der Waals surface area contributed by atoms with Gasteiger partial charge in [0.05, 0.1) is 11.7 Å². The van der Waals surface area contributed by atoms with Crippen LogP contribution >= 0.6 is 0 Å². The minimum Gasteiger partial charge on any atom is -0.393 e. The molecule has 0 radical (unpaired) electrons. The Morgan fingerprint density at radius 3 is 2.57 bits per heavy atom. The maximum absolute atomic E-state index is 12.1. The topological polar surface area (TPSA) is 73.6 Å². The van der Waals surface area contributed by atoms with Crippen LogP contribution < -0.4 is 0 Å². The van der Waals surface area contributed by atoms with Crippen molar-refractivity contribution in [2.75, 3.05) is 0 Å². The number of hydrogen-bond donors (Lipinski definition) is 3. The fourth-order valence-corrected chi connectivity index (χ4v) is 7.72. The standard InChI is InChI=1S/C24H33NO3/c1-21-9-7-18(26)14-16(21)5-6-20-19(21)8-10-22(2)23(27,11-12-24(20,22)28)17-4-3-13-25-15-17/h3-4,11-13,15-16,18-20,26-28H,5-10,14H2,1-2H3/t16?,18?,19-,20-,21+,22-,23?,24-/m1/s1. The molecule has 3 N–H and O–H groups in total. The molecule has 0 aliphatic heterocycles. The molecule has 4 aliphatic rings. The van der Waals surface area contributed by atoms with Gasteiger partial charge in [-0.3, -0.25) is 4.98 Å². The molecule has 3 unspecified atom stereocenters. The van der Waals surface area contributed by atoms with Crippen LogP contribution in [0.4, 0.5) is 0 Å². The van der Waals surface area contributed by atoms with Gasteiger partial charge in [-0.1, -0.05) is 26.0 Å². The molecule has 4 nitrogen and oxygen atoms in total. The molecular formula is C24H33NO3. The Hall–Kier alpha value is -1.23. The second-order valence-corrected chi connectivity index (χ2v) is 10.5. The monoisotopic (exact) mass is 383 g/mol. The largest absolute Gasteiger partial charge is 0.393 e. The Labute approximate surface area is 167 Å². The average molecular weight is 384 g/mol. The minimum atomic E-state index is -1.19. The number of aromatic nitrogens is 1. The Bertz CT molecular complexity index is 796. The van der Waals surface area contributed by atoms with Crippen molar-refractivity contribution < 1.29 is 15.3 Å². The van der Waals surface area contributed by atoms with Crippen LogP contribution in [0.5, 0.6) is 0 Å². The number of fused-ring (bicyclic) bond motifs is 5. The molecule has 5 rings (SSSR count). The molecule has 0 saturated heterocycles. The van der Waals surface area contributed by atoms with E-state index in [-0.39, 0.29) is 17.4 Å². The molecule has 8 atom stereocenters. The van der Waals surface area contributed by atoms with E-state index in [0.717, 1.165) is 50.5 Å². The predicted octanol–water partition coefficient (Wildman–Crippen LogP) is 3.56. The summed E-state index contributed by atoms with van der Waals surface area (Å²) in [6.45, 7) is 4.47. The Morgan fingerprint density at radius 1 is 1.00 bits per heavy atom. The number of aliphatic hydroxyl groups excluding tert-OH is 1. The van der Waals surface area contributed by atoms with Gasteiger partial charge in [0.2, 0.25) is 0 Å². The van der Waals surface area contributed by atoms with Gasteiger partial charge in [-0.2, -0.15) is 0 Å². The molecule has 28 heavy (non-hydrogen) atoms. The molecule has 0 spiro atoms. The first-order chi connectivity index (χ1) is 13.2. The van der Waals surface area contributed by atoms with Crippen LogP contribution in [0.15, 0.2) is 36.7 Å². The lowest BCUT2D eigenvalue weighted by atomic mass is 9.42. The van der Waals surface area contributed by atoms with Crippen molar-refractivity contribution in [3.8, 4) is 0 Å². The van der Waals surface area contributed by atoms with Crippen LogP contribution in [0.1, 0.15) is 64.4 Å². The molecule has 4 heteroatoms. The van der Waals surface area contributed by atoms with Gasteiger partial charge in [0.25, 0.3) is 0 Å². The van der Waals surface area contributed by atoms with Gasteiger partial charge in [-0.25, -0.2) is 0 Å². The van der Waals surface area contributed by atoms with Crippen LogP contribution in [-0.2, 0) is 5.60 Å². The van der Waals surface area contributed by atoms with E-state index < -0.39 is 16.6 Å². The van der Waals surface area contributed by atoms with E-state index in [9.17, 15) is 15.3 Å². The predicted molar refractivity (Wildman–Crippen MR) is 107 cm³/mol. The summed E-state index contributed by atoms with van der Waals surface area (Å²) in [4.78, 5) is 4.22. The zero-order chi connectivity index (χ0) is 19.8. The summed E-state index contributed by atoms with van der Waals surface area (Å²) in [5.74, 6) is 1.15. The summed E-state index contributed by atoms with van der Waals surface area (Å²) in [5, 5.41) is 34.1. The van der Waals surface area contributed by atoms with Crippen molar-refractivity contribution in [3.05, 3.63) is 42.2 Å². The lowest BCUT2D eigenvalue weighted by Gasteiger charge is -2.64. The summed E-state index contributed by atoms with van der Waals surface area (Å²) in [5.41, 5.74) is -1.90. The first kappa shape index (κ1) is 18.8. The molecule has 1 aromatic rings. The number of aliphatic hydroxyl groups is 3. The highest BCUT2D eigenvalue weighted by Crippen LogP contribution is 2.69. The Balaban J connectivity index is 1.54. The molecule has 1 heterocycles. The number of rotatable bonds is 1. The minimum absolute atomic E-state index is 0.157. The molecule has 4 aliphatic carbocycles. The zero-order valence-corrected chi connectivity index (χ0v) is 17.0. The fourth-order valence-electron chi connectivity index (χ4n) is 7.72. The van der Waals surface area contributed by atoms with Crippen LogP contribution in [-0.4, -0.2) is 32.0 Å². The SMILES string of the molecule is C[C@]12CCC(O)CC1CC[C@@H]1[C@H]2CC[C@]2(C)C(O)(c3cccnc3)C=C[C@@]12O. The zero-order valence-electron chi connectivity index (χ0n) is 17.0. The molecule has 152 valence electrons. The molecule has 3 fully saturated rings. The molecule has 0 amide bonds. The van der Waals surface area contributed by atoms with Crippen molar-refractivity contribution >= 4 is 0 Å². The van der Waals surface area contributed by atoms with Crippen LogP contribution in [0, 0.1) is 28.6 Å². The van der Waals surface area contributed by atoms with Gasteiger partial charge in [-0.15, -0.1) is 0 Å². The van der Waals surface area contributed by atoms with Crippen molar-refractivity contribution in [1.29, 1.82) is 0 Å². The summed E-state index contributed by atoms with van der Waals surface area (Å²) in [6.07, 6.45) is 13.7. The van der Waals surface area contributed by atoms with Gasteiger partial charge < -0.3 is 15.3 Å². The molecule has 3 saturated carbocycles. The lowest BCUT2D eigenvalue weighted by molar-refractivity contribution is -0.227. The van der Waals surface area contributed by atoms with Gasteiger partial charge in [0, 0.05) is 23.4 Å². The van der Waals surface area contributed by atoms with Crippen LogP contribution in [0.2, 0.25) is 0 Å². The maximum atomic E-state index is 12.1. The molecule has 0 bridgehead atoms. The van der Waals surface area contributed by atoms with Crippen molar-refractivity contribution in [3.63, 3.8) is 0 Å². The van der Waals surface area contributed by atoms with Crippen LogP contribution in [0.25, 0.3) is 0 Å². The number of hydrogen-bond acceptors (Lipinski definition) is 4. The quantitative estimate of drug-likeness (QED) is 0.648. The highest BCUT2D eigenvalue weighted by atomic mass is 16.3. The number of pyridine rings is 1. The highest BCUT2D eigenvalue weighted by Gasteiger charge is 2.70. The van der Waals surface area contributed by atoms with Crippen LogP contribution in [0.3, 0.4) is 0 Å². The summed E-state index contributed by atoms with van der Waals surface area (Å²) in [6, 6.07) is 3.77. The van der Waals surface area contributed by atoms with Gasteiger partial charge in [-0.05, 0) is 80.3 Å². The number of nitrogens with zero attached hydrogens (tertiary/aromatic N) is 1. The first-order valence-electron chi connectivity index (χ1n) is 11.0. The van der Waals surface area contributed by atoms with E-state index in [0.29, 0.717) is 11.8 Å². The molecule has 0 aromatic carbocycles. The lowest BCUT2D eigenvalue weighted by Crippen LogP contribution is -2.65. The summed E-state index contributed by atoms with van der Waals surface area (Å²) < 4.78 is 0. The summed E-state index contributed by atoms with van der Waals surface area (Å²) in [7, 11) is 0. The van der Waals surface area contributed by atoms with Gasteiger partial charge in [0.1, 0.15) is 5.60 Å². The summed E-state index contributed by atoms with van der Waals surface area (Å²) >= 11 is 0. The molecule has 1 aromatic heterocycles. The normalized spacial score (nSPS) is 52.6.